The highest BCUT2D eigenvalue weighted by molar-refractivity contribution is 9.10. The molecule has 1 aliphatic heterocycles. The fourth-order valence-corrected chi connectivity index (χ4v) is 5.15. The number of benzene rings is 1. The van der Waals surface area contributed by atoms with Crippen LogP contribution in [0.25, 0.3) is 0 Å². The van der Waals surface area contributed by atoms with Crippen LogP contribution in [0.15, 0.2) is 28.7 Å². The molecule has 1 aromatic rings. The third-order valence-electron chi connectivity index (χ3n) is 6.64. The van der Waals surface area contributed by atoms with E-state index in [4.69, 9.17) is 0 Å². The van der Waals surface area contributed by atoms with Crippen LogP contribution >= 0.6 is 15.9 Å². The average molecular weight is 448 g/mol. The van der Waals surface area contributed by atoms with Crippen LogP contribution < -0.4 is 10.6 Å². The lowest BCUT2D eigenvalue weighted by molar-refractivity contribution is -0.131. The number of halogens is 1. The van der Waals surface area contributed by atoms with E-state index in [9.17, 15) is 14.4 Å². The molecule has 0 unspecified atom stereocenters. The number of urea groups is 1. The van der Waals surface area contributed by atoms with Crippen LogP contribution in [0, 0.1) is 0 Å². The minimum Gasteiger partial charge on any atom is -0.355 e. The van der Waals surface area contributed by atoms with Crippen LogP contribution in [-0.4, -0.2) is 41.4 Å². The second-order valence-corrected chi connectivity index (χ2v) is 9.26. The zero-order chi connectivity index (χ0) is 19.8. The van der Waals surface area contributed by atoms with Crippen molar-refractivity contribution < 1.29 is 14.4 Å². The van der Waals surface area contributed by atoms with Gasteiger partial charge < -0.3 is 10.6 Å². The van der Waals surface area contributed by atoms with Crippen LogP contribution in [0.2, 0.25) is 0 Å². The normalized spacial score (nSPS) is 22.2. The summed E-state index contributed by atoms with van der Waals surface area (Å²) in [6.45, 7) is 0.731. The van der Waals surface area contributed by atoms with Crippen LogP contribution in [0.3, 0.4) is 0 Å². The van der Waals surface area contributed by atoms with Crippen LogP contribution in [0.1, 0.15) is 56.9 Å². The molecule has 2 N–H and O–H groups in total. The molecule has 1 spiro atoms. The molecule has 4 amide bonds. The summed E-state index contributed by atoms with van der Waals surface area (Å²) in [6, 6.07) is 7.91. The van der Waals surface area contributed by atoms with Crippen molar-refractivity contribution in [3.8, 4) is 0 Å². The van der Waals surface area contributed by atoms with Gasteiger partial charge in [0.1, 0.15) is 5.54 Å². The van der Waals surface area contributed by atoms with Gasteiger partial charge in [0, 0.05) is 29.4 Å². The molecule has 3 aliphatic rings. The lowest BCUT2D eigenvalue weighted by atomic mass is 9.64. The summed E-state index contributed by atoms with van der Waals surface area (Å²) in [5.41, 5.74) is 0.531. The molecule has 1 saturated heterocycles. The molecule has 1 aromatic carbocycles. The Kier molecular flexibility index (Phi) is 5.21. The van der Waals surface area contributed by atoms with E-state index in [1.165, 1.54) is 10.5 Å². The first-order valence-corrected chi connectivity index (χ1v) is 10.9. The summed E-state index contributed by atoms with van der Waals surface area (Å²) in [5.74, 6) is -0.276. The van der Waals surface area contributed by atoms with Crippen LogP contribution in [0.5, 0.6) is 0 Å². The molecule has 3 fully saturated rings. The summed E-state index contributed by atoms with van der Waals surface area (Å²) in [4.78, 5) is 38.5. The average Bonchev–Trinajstić information content (AvgIpc) is 3.18. The maximum Gasteiger partial charge on any atom is 0.325 e. The van der Waals surface area contributed by atoms with Crippen molar-refractivity contribution in [2.24, 2.45) is 0 Å². The van der Waals surface area contributed by atoms with Crippen molar-refractivity contribution in [1.82, 2.24) is 15.5 Å². The third-order valence-corrected chi connectivity index (χ3v) is 7.13. The number of carbonyl (C=O) groups is 3. The summed E-state index contributed by atoms with van der Waals surface area (Å²) >= 11 is 3.52. The summed E-state index contributed by atoms with van der Waals surface area (Å²) < 4.78 is 1.04. The monoisotopic (exact) mass is 447 g/mol. The second-order valence-electron chi connectivity index (χ2n) is 8.35. The summed E-state index contributed by atoms with van der Waals surface area (Å²) in [7, 11) is 0. The Balaban J connectivity index is 1.31. The number of amides is 4. The van der Waals surface area contributed by atoms with E-state index < -0.39 is 5.54 Å². The van der Waals surface area contributed by atoms with Crippen molar-refractivity contribution in [3.63, 3.8) is 0 Å². The first-order chi connectivity index (χ1) is 13.4. The fraction of sp³-hybridized carbons (Fsp3) is 0.571. The van der Waals surface area contributed by atoms with Crippen molar-refractivity contribution in [3.05, 3.63) is 34.3 Å². The topological polar surface area (TPSA) is 78.5 Å². The van der Waals surface area contributed by atoms with E-state index in [1.54, 1.807) is 0 Å². The van der Waals surface area contributed by atoms with Crippen molar-refractivity contribution in [2.45, 2.75) is 62.3 Å². The fourth-order valence-electron chi connectivity index (χ4n) is 4.76. The van der Waals surface area contributed by atoms with Gasteiger partial charge in [0.05, 0.1) is 0 Å². The maximum atomic E-state index is 12.6. The van der Waals surface area contributed by atoms with Crippen molar-refractivity contribution in [2.75, 3.05) is 13.1 Å². The molecular formula is C21H26BrN3O3. The quantitative estimate of drug-likeness (QED) is 0.656. The predicted molar refractivity (Wildman–Crippen MR) is 109 cm³/mol. The molecule has 2 aliphatic carbocycles. The van der Waals surface area contributed by atoms with Gasteiger partial charge in [-0.15, -0.1) is 0 Å². The molecule has 0 bridgehead atoms. The van der Waals surface area contributed by atoms with Gasteiger partial charge in [-0.1, -0.05) is 47.3 Å². The number of hydrogen-bond acceptors (Lipinski definition) is 3. The van der Waals surface area contributed by atoms with Crippen LogP contribution in [0.4, 0.5) is 4.79 Å². The summed E-state index contributed by atoms with van der Waals surface area (Å²) in [6.07, 6.45) is 6.73. The van der Waals surface area contributed by atoms with Gasteiger partial charge in [-0.2, -0.15) is 0 Å². The largest absolute Gasteiger partial charge is 0.355 e. The molecule has 0 atom stereocenters. The molecule has 7 heteroatoms. The van der Waals surface area contributed by atoms with Gasteiger partial charge in [-0.25, -0.2) is 4.79 Å². The van der Waals surface area contributed by atoms with E-state index in [0.29, 0.717) is 19.4 Å². The molecule has 150 valence electrons. The Morgan fingerprint density at radius 2 is 1.89 bits per heavy atom. The number of rotatable bonds is 6. The molecule has 0 radical (unpaired) electrons. The van der Waals surface area contributed by atoms with E-state index in [0.717, 1.165) is 36.6 Å². The zero-order valence-electron chi connectivity index (χ0n) is 15.9. The Hall–Kier alpha value is -1.89. The Morgan fingerprint density at radius 1 is 1.14 bits per heavy atom. The van der Waals surface area contributed by atoms with Gasteiger partial charge in [0.15, 0.2) is 0 Å². The minimum absolute atomic E-state index is 0.00577. The highest BCUT2D eigenvalue weighted by atomic mass is 79.9. The van der Waals surface area contributed by atoms with Gasteiger partial charge in [-0.3, -0.25) is 14.5 Å². The van der Waals surface area contributed by atoms with Crippen molar-refractivity contribution >= 4 is 33.8 Å². The Morgan fingerprint density at radius 3 is 2.54 bits per heavy atom. The smallest absolute Gasteiger partial charge is 0.325 e. The van der Waals surface area contributed by atoms with Gasteiger partial charge in [-0.05, 0) is 43.4 Å². The molecular weight excluding hydrogens is 422 g/mol. The first kappa shape index (κ1) is 19.4. The lowest BCUT2D eigenvalue weighted by Crippen LogP contribution is -2.46. The van der Waals surface area contributed by atoms with E-state index >= 15 is 0 Å². The van der Waals surface area contributed by atoms with Crippen molar-refractivity contribution in [1.29, 1.82) is 0 Å². The molecule has 0 aromatic heterocycles. The predicted octanol–water partition coefficient (Wildman–Crippen LogP) is 3.24. The highest BCUT2D eigenvalue weighted by Gasteiger charge is 2.52. The molecule has 1 heterocycles. The second kappa shape index (κ2) is 7.50. The number of nitrogens with one attached hydrogen (secondary N) is 2. The number of nitrogens with zero attached hydrogens (tertiary/aromatic N) is 1. The van der Waals surface area contributed by atoms with Gasteiger partial charge in [0.2, 0.25) is 5.91 Å². The third kappa shape index (κ3) is 3.45. The van der Waals surface area contributed by atoms with E-state index in [-0.39, 0.29) is 36.2 Å². The first-order valence-electron chi connectivity index (χ1n) is 10.1. The van der Waals surface area contributed by atoms with E-state index in [2.05, 4.69) is 38.7 Å². The number of carbonyl (C=O) groups excluding carboxylic acids is 3. The molecule has 4 rings (SSSR count). The highest BCUT2D eigenvalue weighted by Crippen LogP contribution is 2.43. The van der Waals surface area contributed by atoms with E-state index in [1.807, 2.05) is 12.1 Å². The number of hydrogen-bond donors (Lipinski definition) is 2. The molecule has 2 saturated carbocycles. The Bertz CT molecular complexity index is 800. The van der Waals surface area contributed by atoms with Crippen LogP contribution in [-0.2, 0) is 15.0 Å². The minimum atomic E-state index is -0.704. The lowest BCUT2D eigenvalue weighted by Gasteiger charge is -2.42. The zero-order valence-corrected chi connectivity index (χ0v) is 17.5. The standard InChI is InChI=1S/C21H26BrN3O3/c22-16-6-3-5-15(13-16)20(8-4-9-20)14-23-17(26)7-12-25-18(27)21(24-19(25)28)10-1-2-11-21/h3,5-6,13H,1-2,4,7-12,14H2,(H,23,26)(H,24,28). The summed E-state index contributed by atoms with van der Waals surface area (Å²) in [5, 5.41) is 5.89. The van der Waals surface area contributed by atoms with Gasteiger partial charge in [0.25, 0.3) is 5.91 Å². The maximum absolute atomic E-state index is 12.6. The molecule has 6 nitrogen and oxygen atoms in total. The Labute approximate surface area is 173 Å². The SMILES string of the molecule is O=C(CCN1C(=O)NC2(CCCC2)C1=O)NCC1(c2cccc(Br)c2)CCC1. The number of imide groups is 1. The molecule has 28 heavy (non-hydrogen) atoms. The van der Waals surface area contributed by atoms with Gasteiger partial charge >= 0.3 is 6.03 Å².